The molecule has 3 aromatic heterocycles. The van der Waals surface area contributed by atoms with Crippen molar-refractivity contribution in [1.29, 1.82) is 0 Å². The van der Waals surface area contributed by atoms with Crippen LogP contribution in [0.25, 0.3) is 22.7 Å². The molecule has 1 atom stereocenters. The molecule has 4 aromatic carbocycles. The summed E-state index contributed by atoms with van der Waals surface area (Å²) in [4.78, 5) is 15.6. The van der Waals surface area contributed by atoms with Gasteiger partial charge in [0.15, 0.2) is 17.8 Å². The Bertz CT molecular complexity index is 2530. The molecule has 0 aliphatic carbocycles. The van der Waals surface area contributed by atoms with Gasteiger partial charge in [0.1, 0.15) is 30.5 Å². The summed E-state index contributed by atoms with van der Waals surface area (Å²) in [6.45, 7) is 8.58. The van der Waals surface area contributed by atoms with Crippen LogP contribution in [0, 0.1) is 0 Å². The van der Waals surface area contributed by atoms with E-state index < -0.39 is 0 Å². The number of carbonyl (C=O) groups is 1. The molecule has 1 aliphatic heterocycles. The average Bonchev–Trinajstić information content (AvgIpc) is 3.90. The van der Waals surface area contributed by atoms with E-state index in [1.165, 1.54) is 0 Å². The van der Waals surface area contributed by atoms with Crippen LogP contribution in [0.3, 0.4) is 0 Å². The monoisotopic (exact) mass is 823 g/mol. The second-order valence-electron chi connectivity index (χ2n) is 15.5. The third-order valence-corrected chi connectivity index (χ3v) is 11.1. The number of hydrogen-bond acceptors (Lipinski definition) is 9. The zero-order valence-electron chi connectivity index (χ0n) is 34.0. The fourth-order valence-corrected chi connectivity index (χ4v) is 7.73. The summed E-state index contributed by atoms with van der Waals surface area (Å²) in [5.74, 6) is 2.63. The van der Waals surface area contributed by atoms with E-state index in [0.29, 0.717) is 43.8 Å². The number of para-hydroxylation sites is 1. The van der Waals surface area contributed by atoms with E-state index in [1.807, 2.05) is 126 Å². The molecule has 7 aromatic rings. The number of carbonyl (C=O) groups excluding carboxylic acids is 1. The standard InChI is InChI=1S/C47H49N7O5S/c1-47(2,3)41-29-43(54(52-41)35-17-13-18-36(28-35)56-26-27-58-44-22-11-12-25-57-44)49-46(55)48-30-34-16-7-10-21-40(34)60-37-23-24-42-50-51-45(53(42)31-37)38-19-8-9-20-39(38)59-32-33-14-5-4-6-15-33/h4-10,13-21,23-24,28-29,31,44H,11-12,22,25-27,30,32H2,1-3H3,(H2,48,49,55). The first-order chi connectivity index (χ1) is 29.3. The highest BCUT2D eigenvalue weighted by Gasteiger charge is 2.22. The fraction of sp³-hybridized carbons (Fsp3) is 0.277. The van der Waals surface area contributed by atoms with E-state index in [0.717, 1.165) is 75.1 Å². The lowest BCUT2D eigenvalue weighted by molar-refractivity contribution is -0.165. The van der Waals surface area contributed by atoms with Crippen LogP contribution in [-0.2, 0) is 28.0 Å². The number of urea groups is 1. The molecular formula is C47H49N7O5S. The lowest BCUT2D eigenvalue weighted by Crippen LogP contribution is -2.29. The van der Waals surface area contributed by atoms with Crippen molar-refractivity contribution in [1.82, 2.24) is 29.7 Å². The van der Waals surface area contributed by atoms with Gasteiger partial charge in [-0.05, 0) is 72.9 Å². The lowest BCUT2D eigenvalue weighted by atomic mass is 9.92. The predicted octanol–water partition coefficient (Wildman–Crippen LogP) is 9.85. The van der Waals surface area contributed by atoms with Crippen molar-refractivity contribution in [3.8, 4) is 28.6 Å². The molecular weight excluding hydrogens is 775 g/mol. The minimum absolute atomic E-state index is 0.161. The molecule has 1 unspecified atom stereocenters. The first-order valence-corrected chi connectivity index (χ1v) is 21.1. The summed E-state index contributed by atoms with van der Waals surface area (Å²) in [6, 6.07) is 39.2. The molecule has 1 fully saturated rings. The number of rotatable bonds is 15. The van der Waals surface area contributed by atoms with Crippen LogP contribution in [0.15, 0.2) is 137 Å². The largest absolute Gasteiger partial charge is 0.491 e. The van der Waals surface area contributed by atoms with Crippen molar-refractivity contribution < 1.29 is 23.7 Å². The fourth-order valence-electron chi connectivity index (χ4n) is 6.76. The van der Waals surface area contributed by atoms with Crippen LogP contribution in [0.5, 0.6) is 11.5 Å². The highest BCUT2D eigenvalue weighted by molar-refractivity contribution is 7.99. The molecule has 308 valence electrons. The summed E-state index contributed by atoms with van der Waals surface area (Å²) in [5.41, 5.74) is 4.96. The first-order valence-electron chi connectivity index (χ1n) is 20.3. The van der Waals surface area contributed by atoms with Crippen molar-refractivity contribution in [2.75, 3.05) is 25.1 Å². The molecule has 8 rings (SSSR count). The Morgan fingerprint density at radius 3 is 2.55 bits per heavy atom. The molecule has 2 N–H and O–H groups in total. The maximum absolute atomic E-state index is 13.6. The third kappa shape index (κ3) is 10.2. The summed E-state index contributed by atoms with van der Waals surface area (Å²) in [5, 5.41) is 20.0. The molecule has 0 bridgehead atoms. The summed E-state index contributed by atoms with van der Waals surface area (Å²) in [6.07, 6.45) is 4.97. The van der Waals surface area contributed by atoms with E-state index in [-0.39, 0.29) is 17.7 Å². The Balaban J connectivity index is 0.936. The number of benzene rings is 4. The highest BCUT2D eigenvalue weighted by atomic mass is 32.2. The molecule has 2 amide bonds. The van der Waals surface area contributed by atoms with E-state index in [4.69, 9.17) is 24.0 Å². The zero-order valence-corrected chi connectivity index (χ0v) is 34.9. The Morgan fingerprint density at radius 1 is 0.867 bits per heavy atom. The molecule has 0 saturated carbocycles. The van der Waals surface area contributed by atoms with Gasteiger partial charge in [-0.15, -0.1) is 10.2 Å². The van der Waals surface area contributed by atoms with Gasteiger partial charge < -0.3 is 24.3 Å². The number of hydrogen-bond donors (Lipinski definition) is 2. The van der Waals surface area contributed by atoms with Crippen LogP contribution in [-0.4, -0.2) is 56.5 Å². The highest BCUT2D eigenvalue weighted by Crippen LogP contribution is 2.34. The van der Waals surface area contributed by atoms with Gasteiger partial charge >= 0.3 is 6.03 Å². The molecule has 0 spiro atoms. The number of nitrogens with zero attached hydrogens (tertiary/aromatic N) is 5. The van der Waals surface area contributed by atoms with Gasteiger partial charge in [0.25, 0.3) is 0 Å². The van der Waals surface area contributed by atoms with E-state index in [9.17, 15) is 4.79 Å². The van der Waals surface area contributed by atoms with Crippen molar-refractivity contribution in [3.05, 3.63) is 144 Å². The van der Waals surface area contributed by atoms with Gasteiger partial charge in [-0.3, -0.25) is 9.72 Å². The summed E-state index contributed by atoms with van der Waals surface area (Å²) in [7, 11) is 0. The summed E-state index contributed by atoms with van der Waals surface area (Å²) < 4.78 is 27.5. The van der Waals surface area contributed by atoms with Crippen LogP contribution < -0.4 is 20.1 Å². The Hall–Kier alpha value is -6.15. The average molecular weight is 824 g/mol. The number of nitrogens with one attached hydrogen (secondary N) is 2. The summed E-state index contributed by atoms with van der Waals surface area (Å²) >= 11 is 1.61. The van der Waals surface area contributed by atoms with Gasteiger partial charge in [0.2, 0.25) is 0 Å². The van der Waals surface area contributed by atoms with E-state index >= 15 is 0 Å². The van der Waals surface area contributed by atoms with Crippen LogP contribution in [0.4, 0.5) is 10.6 Å². The minimum atomic E-state index is -0.352. The Labute approximate surface area is 354 Å². The van der Waals surface area contributed by atoms with Gasteiger partial charge in [-0.1, -0.05) is 99.3 Å². The quantitative estimate of drug-likeness (QED) is 0.0973. The normalized spacial score (nSPS) is 14.2. The molecule has 13 heteroatoms. The third-order valence-electron chi connectivity index (χ3n) is 9.96. The Kier molecular flexibility index (Phi) is 12.8. The number of anilines is 1. The molecule has 0 radical (unpaired) electrons. The lowest BCUT2D eigenvalue weighted by Gasteiger charge is -2.22. The van der Waals surface area contributed by atoms with Gasteiger partial charge in [-0.2, -0.15) is 5.10 Å². The topological polar surface area (TPSA) is 126 Å². The molecule has 4 heterocycles. The minimum Gasteiger partial charge on any atom is -0.491 e. The van der Waals surface area contributed by atoms with Gasteiger partial charge in [-0.25, -0.2) is 9.48 Å². The molecule has 12 nitrogen and oxygen atoms in total. The van der Waals surface area contributed by atoms with Crippen molar-refractivity contribution in [3.63, 3.8) is 0 Å². The predicted molar refractivity (Wildman–Crippen MR) is 233 cm³/mol. The van der Waals surface area contributed by atoms with Crippen molar-refractivity contribution in [2.45, 2.75) is 74.7 Å². The SMILES string of the molecule is CC(C)(C)c1cc(NC(=O)NCc2ccccc2Sc2ccc3nnc(-c4ccccc4OCc4ccccc4)n3c2)n(-c2cccc(OCCOC3CCCCO3)c2)n1. The molecule has 1 saturated heterocycles. The van der Waals surface area contributed by atoms with Gasteiger partial charge in [0, 0.05) is 46.7 Å². The first kappa shape index (κ1) is 40.6. The van der Waals surface area contributed by atoms with E-state index in [1.54, 1.807) is 16.4 Å². The second kappa shape index (κ2) is 18.8. The van der Waals surface area contributed by atoms with Crippen LogP contribution in [0.1, 0.15) is 56.9 Å². The molecule has 1 aliphatic rings. The molecule has 60 heavy (non-hydrogen) atoms. The number of aromatic nitrogens is 5. The zero-order chi connectivity index (χ0) is 41.3. The van der Waals surface area contributed by atoms with Gasteiger partial charge in [0.05, 0.1) is 23.6 Å². The van der Waals surface area contributed by atoms with Crippen LogP contribution >= 0.6 is 11.8 Å². The number of amides is 2. The number of ether oxygens (including phenoxy) is 4. The Morgan fingerprint density at radius 2 is 1.70 bits per heavy atom. The van der Waals surface area contributed by atoms with E-state index in [2.05, 4.69) is 47.7 Å². The number of pyridine rings is 1. The smallest absolute Gasteiger partial charge is 0.320 e. The van der Waals surface area contributed by atoms with Crippen molar-refractivity contribution >= 4 is 29.3 Å². The van der Waals surface area contributed by atoms with Crippen LogP contribution in [0.2, 0.25) is 0 Å². The van der Waals surface area contributed by atoms with Crippen molar-refractivity contribution in [2.24, 2.45) is 0 Å². The number of fused-ring (bicyclic) bond motifs is 1. The second-order valence-corrected chi connectivity index (χ2v) is 16.6. The maximum Gasteiger partial charge on any atom is 0.320 e. The maximum atomic E-state index is 13.6.